The lowest BCUT2D eigenvalue weighted by atomic mass is 9.89. The molecule has 2 rings (SSSR count). The van der Waals surface area contributed by atoms with Crippen LogP contribution in [-0.4, -0.2) is 56.5 Å². The van der Waals surface area contributed by atoms with Crippen LogP contribution >= 0.6 is 0 Å². The van der Waals surface area contributed by atoms with E-state index in [2.05, 4.69) is 6.92 Å². The first-order chi connectivity index (χ1) is 10.3. The second-order valence-electron chi connectivity index (χ2n) is 7.08. The highest BCUT2D eigenvalue weighted by Crippen LogP contribution is 2.29. The van der Waals surface area contributed by atoms with Crippen molar-refractivity contribution in [2.75, 3.05) is 19.9 Å². The lowest BCUT2D eigenvalue weighted by Gasteiger charge is -2.31. The number of ether oxygens (including phenoxy) is 1. The van der Waals surface area contributed by atoms with Crippen molar-refractivity contribution in [1.29, 1.82) is 0 Å². The minimum atomic E-state index is -3.11. The van der Waals surface area contributed by atoms with Crippen LogP contribution in [0.15, 0.2) is 0 Å². The molecule has 2 saturated carbocycles. The highest BCUT2D eigenvalue weighted by atomic mass is 32.2. The standard InChI is InChI=1S/C16H29NO4S/c1-12-6-4-7-13(10-12)21-11-16(18)17(2)14-8-5-9-15(14)22(3,19)20/h12-15H,4-11H2,1-3H3. The molecule has 2 fully saturated rings. The normalized spacial score (nSPS) is 32.9. The smallest absolute Gasteiger partial charge is 0.248 e. The number of nitrogens with zero attached hydrogens (tertiary/aromatic N) is 1. The predicted octanol–water partition coefficient (Wildman–Crippen LogP) is 2.01. The molecular weight excluding hydrogens is 302 g/mol. The van der Waals surface area contributed by atoms with Gasteiger partial charge in [0.1, 0.15) is 6.61 Å². The molecule has 0 N–H and O–H groups in total. The number of hydrogen-bond donors (Lipinski definition) is 0. The Morgan fingerprint density at radius 2 is 1.86 bits per heavy atom. The molecule has 5 nitrogen and oxygen atoms in total. The second-order valence-corrected chi connectivity index (χ2v) is 9.34. The Balaban J connectivity index is 1.86. The van der Waals surface area contributed by atoms with Gasteiger partial charge in [-0.15, -0.1) is 0 Å². The number of likely N-dealkylation sites (N-methyl/N-ethyl adjacent to an activating group) is 1. The van der Waals surface area contributed by atoms with Crippen molar-refractivity contribution in [2.45, 2.75) is 69.3 Å². The highest BCUT2D eigenvalue weighted by molar-refractivity contribution is 7.91. The van der Waals surface area contributed by atoms with Gasteiger partial charge in [-0.05, 0) is 38.0 Å². The van der Waals surface area contributed by atoms with Crippen molar-refractivity contribution < 1.29 is 17.9 Å². The predicted molar refractivity (Wildman–Crippen MR) is 86.4 cm³/mol. The van der Waals surface area contributed by atoms with E-state index in [1.807, 2.05) is 0 Å². The van der Waals surface area contributed by atoms with Gasteiger partial charge in [0.05, 0.1) is 11.4 Å². The second kappa shape index (κ2) is 7.30. The van der Waals surface area contributed by atoms with Crippen LogP contribution < -0.4 is 0 Å². The molecule has 0 aromatic heterocycles. The lowest BCUT2D eigenvalue weighted by Crippen LogP contribution is -2.46. The summed E-state index contributed by atoms with van der Waals surface area (Å²) in [6, 6.07) is -0.198. The molecule has 22 heavy (non-hydrogen) atoms. The largest absolute Gasteiger partial charge is 0.368 e. The number of sulfone groups is 1. The summed E-state index contributed by atoms with van der Waals surface area (Å²) < 4.78 is 29.5. The summed E-state index contributed by atoms with van der Waals surface area (Å²) in [5.41, 5.74) is 0. The van der Waals surface area contributed by atoms with E-state index >= 15 is 0 Å². The van der Waals surface area contributed by atoms with Gasteiger partial charge in [-0.3, -0.25) is 4.79 Å². The van der Waals surface area contributed by atoms with Gasteiger partial charge in [-0.1, -0.05) is 19.8 Å². The molecule has 2 aliphatic carbocycles. The van der Waals surface area contributed by atoms with Crippen LogP contribution in [0.25, 0.3) is 0 Å². The van der Waals surface area contributed by atoms with Crippen LogP contribution in [0.2, 0.25) is 0 Å². The van der Waals surface area contributed by atoms with Gasteiger partial charge in [0.25, 0.3) is 0 Å². The fourth-order valence-corrected chi connectivity index (χ4v) is 5.34. The molecule has 0 saturated heterocycles. The van der Waals surface area contributed by atoms with Gasteiger partial charge in [-0.25, -0.2) is 8.42 Å². The topological polar surface area (TPSA) is 63.7 Å². The summed E-state index contributed by atoms with van der Waals surface area (Å²) >= 11 is 0. The Hall–Kier alpha value is -0.620. The third-order valence-corrected chi connectivity index (χ3v) is 6.84. The van der Waals surface area contributed by atoms with Crippen molar-refractivity contribution in [1.82, 2.24) is 4.90 Å². The van der Waals surface area contributed by atoms with Crippen molar-refractivity contribution in [2.24, 2.45) is 5.92 Å². The molecule has 0 radical (unpaired) electrons. The van der Waals surface area contributed by atoms with Gasteiger partial charge in [0, 0.05) is 19.3 Å². The first-order valence-corrected chi connectivity index (χ1v) is 10.3. The first kappa shape index (κ1) is 17.7. The minimum Gasteiger partial charge on any atom is -0.368 e. The van der Waals surface area contributed by atoms with E-state index in [1.54, 1.807) is 11.9 Å². The van der Waals surface area contributed by atoms with E-state index in [0.29, 0.717) is 12.3 Å². The number of carbonyl (C=O) groups excluding carboxylic acids is 1. The molecule has 1 amide bonds. The van der Waals surface area contributed by atoms with E-state index in [1.165, 1.54) is 12.7 Å². The quantitative estimate of drug-likeness (QED) is 0.773. The van der Waals surface area contributed by atoms with Crippen molar-refractivity contribution in [3.8, 4) is 0 Å². The maximum absolute atomic E-state index is 12.3. The van der Waals surface area contributed by atoms with Crippen molar-refractivity contribution in [3.63, 3.8) is 0 Å². The number of amides is 1. The van der Waals surface area contributed by atoms with E-state index in [-0.39, 0.29) is 24.7 Å². The Bertz CT molecular complexity index is 490. The molecule has 0 aromatic carbocycles. The van der Waals surface area contributed by atoms with Crippen LogP contribution in [0.5, 0.6) is 0 Å². The van der Waals surface area contributed by atoms with Gasteiger partial charge in [-0.2, -0.15) is 0 Å². The zero-order valence-electron chi connectivity index (χ0n) is 14.0. The number of carbonyl (C=O) groups is 1. The van der Waals surface area contributed by atoms with Crippen LogP contribution in [-0.2, 0) is 19.4 Å². The van der Waals surface area contributed by atoms with Crippen LogP contribution in [0.3, 0.4) is 0 Å². The Labute approximate surface area is 134 Å². The summed E-state index contributed by atoms with van der Waals surface area (Å²) in [7, 11) is -1.40. The third-order valence-electron chi connectivity index (χ3n) is 5.19. The third kappa shape index (κ3) is 4.44. The molecule has 0 bridgehead atoms. The van der Waals surface area contributed by atoms with E-state index in [0.717, 1.165) is 32.1 Å². The SMILES string of the molecule is CC1CCCC(OCC(=O)N(C)C2CCCC2S(C)(=O)=O)C1. The molecule has 0 aromatic rings. The van der Waals surface area contributed by atoms with Gasteiger partial charge < -0.3 is 9.64 Å². The van der Waals surface area contributed by atoms with Gasteiger partial charge >= 0.3 is 0 Å². The summed E-state index contributed by atoms with van der Waals surface area (Å²) in [6.07, 6.45) is 8.18. The fraction of sp³-hybridized carbons (Fsp3) is 0.938. The van der Waals surface area contributed by atoms with E-state index < -0.39 is 15.1 Å². The molecular formula is C16H29NO4S. The Kier molecular flexibility index (Phi) is 5.88. The molecule has 2 aliphatic rings. The molecule has 6 heteroatoms. The Morgan fingerprint density at radius 1 is 1.18 bits per heavy atom. The maximum Gasteiger partial charge on any atom is 0.248 e. The summed E-state index contributed by atoms with van der Waals surface area (Å²) in [5.74, 6) is 0.565. The fourth-order valence-electron chi connectivity index (χ4n) is 3.85. The van der Waals surface area contributed by atoms with Gasteiger partial charge in [0.15, 0.2) is 9.84 Å². The monoisotopic (exact) mass is 331 g/mol. The average Bonchev–Trinajstić information content (AvgIpc) is 2.93. The summed E-state index contributed by atoms with van der Waals surface area (Å²) in [4.78, 5) is 13.9. The summed E-state index contributed by atoms with van der Waals surface area (Å²) in [6.45, 7) is 2.29. The van der Waals surface area contributed by atoms with Crippen LogP contribution in [0, 0.1) is 5.92 Å². The zero-order valence-corrected chi connectivity index (χ0v) is 14.8. The van der Waals surface area contributed by atoms with Crippen molar-refractivity contribution >= 4 is 15.7 Å². The maximum atomic E-state index is 12.3. The number of rotatable bonds is 5. The average molecular weight is 331 g/mol. The molecule has 0 spiro atoms. The molecule has 128 valence electrons. The molecule has 0 aliphatic heterocycles. The zero-order chi connectivity index (χ0) is 16.3. The van der Waals surface area contributed by atoms with Crippen LogP contribution in [0.1, 0.15) is 51.9 Å². The lowest BCUT2D eigenvalue weighted by molar-refractivity contribution is -0.139. The Morgan fingerprint density at radius 3 is 2.50 bits per heavy atom. The number of hydrogen-bond acceptors (Lipinski definition) is 4. The van der Waals surface area contributed by atoms with E-state index in [9.17, 15) is 13.2 Å². The first-order valence-electron chi connectivity index (χ1n) is 8.35. The molecule has 0 heterocycles. The van der Waals surface area contributed by atoms with Gasteiger partial charge in [0.2, 0.25) is 5.91 Å². The molecule has 4 unspecified atom stereocenters. The molecule has 4 atom stereocenters. The minimum absolute atomic E-state index is 0.0703. The highest BCUT2D eigenvalue weighted by Gasteiger charge is 2.38. The van der Waals surface area contributed by atoms with E-state index in [4.69, 9.17) is 4.74 Å². The van der Waals surface area contributed by atoms with Crippen molar-refractivity contribution in [3.05, 3.63) is 0 Å². The summed E-state index contributed by atoms with van der Waals surface area (Å²) in [5, 5.41) is -0.420. The van der Waals surface area contributed by atoms with Crippen LogP contribution in [0.4, 0.5) is 0 Å².